The number of furan rings is 1. The van der Waals surface area contributed by atoms with Crippen molar-refractivity contribution in [2.75, 3.05) is 0 Å². The van der Waals surface area contributed by atoms with Crippen LogP contribution in [0.4, 0.5) is 0 Å². The normalized spacial score (nSPS) is 11.7. The third kappa shape index (κ3) is 4.19. The van der Waals surface area contributed by atoms with Gasteiger partial charge in [-0.1, -0.05) is 87.5 Å². The van der Waals surface area contributed by atoms with Crippen molar-refractivity contribution in [2.24, 2.45) is 7.05 Å². The zero-order chi connectivity index (χ0) is 27.3. The zero-order valence-electron chi connectivity index (χ0n) is 23.0. The van der Waals surface area contributed by atoms with Gasteiger partial charge < -0.3 is 4.42 Å². The van der Waals surface area contributed by atoms with Crippen molar-refractivity contribution in [3.8, 4) is 39.6 Å². The van der Waals surface area contributed by atoms with Crippen LogP contribution in [0.2, 0.25) is 0 Å². The summed E-state index contributed by atoms with van der Waals surface area (Å²) in [7, 11) is 2.04. The first-order valence-corrected chi connectivity index (χ1v) is 13.3. The Morgan fingerprint density at radius 2 is 1.33 bits per heavy atom. The van der Waals surface area contributed by atoms with Crippen LogP contribution in [0.15, 0.2) is 102 Å². The van der Waals surface area contributed by atoms with Gasteiger partial charge in [-0.15, -0.1) is 0 Å². The fourth-order valence-electron chi connectivity index (χ4n) is 5.46. The summed E-state index contributed by atoms with van der Waals surface area (Å²) in [5, 5.41) is 12.3. The van der Waals surface area contributed by atoms with Gasteiger partial charge in [0, 0.05) is 28.5 Å². The lowest BCUT2D eigenvalue weighted by Gasteiger charge is -2.19. The molecule has 0 saturated carbocycles. The first kappa shape index (κ1) is 24.6. The van der Waals surface area contributed by atoms with Crippen LogP contribution in [0, 0.1) is 18.3 Å². The fourth-order valence-corrected chi connectivity index (χ4v) is 5.46. The molecule has 190 valence electrons. The van der Waals surface area contributed by atoms with Gasteiger partial charge in [0.1, 0.15) is 24.3 Å². The Balaban J connectivity index is 1.46. The topological polar surface area (TPSA) is 40.8 Å². The van der Waals surface area contributed by atoms with Crippen LogP contribution in [0.25, 0.3) is 55.4 Å². The number of rotatable bonds is 3. The number of aromatic nitrogens is 1. The Morgan fingerprint density at radius 1 is 0.718 bits per heavy atom. The average Bonchev–Trinajstić information content (AvgIpc) is 3.31. The van der Waals surface area contributed by atoms with Gasteiger partial charge in [0.2, 0.25) is 5.69 Å². The standard InChI is InChI=1S/C36H31N2O/c1-23-9-18-30-29-20-19-28(26-12-10-24(11-13-26)25-14-16-27(17-15-25)36(2,3)4)31(22-37)34(29)39-35(30)33(23)32-8-6-7-21-38(32)5/h6-21H,1-5H3/q+1. The Labute approximate surface area is 229 Å². The van der Waals surface area contributed by atoms with Gasteiger partial charge in [0.25, 0.3) is 0 Å². The lowest BCUT2D eigenvalue weighted by atomic mass is 9.86. The van der Waals surface area contributed by atoms with E-state index in [4.69, 9.17) is 4.42 Å². The van der Waals surface area contributed by atoms with Crippen molar-refractivity contribution >= 4 is 21.9 Å². The van der Waals surface area contributed by atoms with Crippen molar-refractivity contribution in [2.45, 2.75) is 33.1 Å². The monoisotopic (exact) mass is 507 g/mol. The Bertz CT molecular complexity index is 1890. The smallest absolute Gasteiger partial charge is 0.216 e. The molecule has 2 aromatic heterocycles. The maximum absolute atomic E-state index is 10.3. The highest BCUT2D eigenvalue weighted by molar-refractivity contribution is 6.12. The van der Waals surface area contributed by atoms with E-state index in [1.807, 2.05) is 31.4 Å². The predicted molar refractivity (Wildman–Crippen MR) is 159 cm³/mol. The molecular weight excluding hydrogens is 476 g/mol. The molecule has 0 aliphatic carbocycles. The van der Waals surface area contributed by atoms with Crippen molar-refractivity contribution in [1.82, 2.24) is 0 Å². The number of hydrogen-bond donors (Lipinski definition) is 0. The summed E-state index contributed by atoms with van der Waals surface area (Å²) in [6.45, 7) is 8.79. The summed E-state index contributed by atoms with van der Waals surface area (Å²) in [6.07, 6.45) is 2.04. The molecule has 0 spiro atoms. The summed E-state index contributed by atoms with van der Waals surface area (Å²) >= 11 is 0. The number of pyridine rings is 1. The summed E-state index contributed by atoms with van der Waals surface area (Å²) < 4.78 is 8.65. The van der Waals surface area contributed by atoms with Crippen LogP contribution in [0.3, 0.4) is 0 Å². The van der Waals surface area contributed by atoms with Gasteiger partial charge in [-0.25, -0.2) is 4.57 Å². The van der Waals surface area contributed by atoms with Crippen molar-refractivity contribution < 1.29 is 8.98 Å². The fraction of sp³-hybridized carbons (Fsp3) is 0.167. The van der Waals surface area contributed by atoms with E-state index in [2.05, 4.69) is 111 Å². The summed E-state index contributed by atoms with van der Waals surface area (Å²) in [6, 6.07) is 34.2. The van der Waals surface area contributed by atoms with E-state index < -0.39 is 0 Å². The van der Waals surface area contributed by atoms with E-state index in [0.717, 1.165) is 49.9 Å². The van der Waals surface area contributed by atoms with Gasteiger partial charge in [-0.3, -0.25) is 0 Å². The van der Waals surface area contributed by atoms with Gasteiger partial charge in [-0.2, -0.15) is 5.26 Å². The molecule has 0 aliphatic heterocycles. The molecule has 0 N–H and O–H groups in total. The van der Waals surface area contributed by atoms with E-state index in [-0.39, 0.29) is 5.41 Å². The van der Waals surface area contributed by atoms with E-state index in [1.165, 1.54) is 11.1 Å². The molecule has 0 atom stereocenters. The number of nitrogens with zero attached hydrogens (tertiary/aromatic N) is 2. The molecule has 3 nitrogen and oxygen atoms in total. The van der Waals surface area contributed by atoms with Crippen molar-refractivity contribution in [3.63, 3.8) is 0 Å². The Kier molecular flexibility index (Phi) is 5.85. The minimum Gasteiger partial charge on any atom is -0.454 e. The second-order valence-corrected chi connectivity index (χ2v) is 11.3. The molecule has 0 radical (unpaired) electrons. The maximum Gasteiger partial charge on any atom is 0.216 e. The first-order chi connectivity index (χ1) is 18.8. The van der Waals surface area contributed by atoms with Crippen LogP contribution >= 0.6 is 0 Å². The number of aryl methyl sites for hydroxylation is 2. The Morgan fingerprint density at radius 3 is 1.97 bits per heavy atom. The van der Waals surface area contributed by atoms with E-state index in [1.54, 1.807) is 0 Å². The van der Waals surface area contributed by atoms with Gasteiger partial charge in [0.05, 0.1) is 5.56 Å². The van der Waals surface area contributed by atoms with Crippen LogP contribution in [0.1, 0.15) is 37.5 Å². The molecule has 0 bridgehead atoms. The zero-order valence-corrected chi connectivity index (χ0v) is 23.0. The third-order valence-electron chi connectivity index (χ3n) is 7.72. The lowest BCUT2D eigenvalue weighted by Crippen LogP contribution is -2.30. The minimum absolute atomic E-state index is 0.129. The highest BCUT2D eigenvalue weighted by atomic mass is 16.3. The molecule has 0 aliphatic rings. The maximum atomic E-state index is 10.3. The van der Waals surface area contributed by atoms with Crippen LogP contribution < -0.4 is 4.57 Å². The molecule has 0 fully saturated rings. The first-order valence-electron chi connectivity index (χ1n) is 13.3. The predicted octanol–water partition coefficient (Wildman–Crippen LogP) is 8.89. The van der Waals surface area contributed by atoms with Crippen LogP contribution in [-0.2, 0) is 12.5 Å². The summed E-state index contributed by atoms with van der Waals surface area (Å²) in [5.74, 6) is 0. The quantitative estimate of drug-likeness (QED) is 0.224. The molecule has 39 heavy (non-hydrogen) atoms. The summed E-state index contributed by atoms with van der Waals surface area (Å²) in [4.78, 5) is 0. The van der Waals surface area contributed by atoms with Crippen molar-refractivity contribution in [1.29, 1.82) is 5.26 Å². The van der Waals surface area contributed by atoms with Gasteiger partial charge in [0.15, 0.2) is 11.8 Å². The SMILES string of the molecule is Cc1ccc2c(oc3c(C#N)c(-c4ccc(-c5ccc(C(C)(C)C)cc5)cc4)ccc32)c1-c1cccc[n+]1C. The molecule has 0 amide bonds. The van der Waals surface area contributed by atoms with E-state index in [0.29, 0.717) is 11.1 Å². The third-order valence-corrected chi connectivity index (χ3v) is 7.72. The highest BCUT2D eigenvalue weighted by Crippen LogP contribution is 2.40. The van der Waals surface area contributed by atoms with Crippen molar-refractivity contribution in [3.05, 3.63) is 114 Å². The molecule has 2 heterocycles. The number of benzene rings is 4. The number of nitriles is 1. The van der Waals surface area contributed by atoms with Crippen LogP contribution in [0.5, 0.6) is 0 Å². The molecule has 4 aromatic carbocycles. The lowest BCUT2D eigenvalue weighted by molar-refractivity contribution is -0.660. The number of hydrogen-bond acceptors (Lipinski definition) is 2. The summed E-state index contributed by atoms with van der Waals surface area (Å²) in [5.41, 5.74) is 10.9. The number of fused-ring (bicyclic) bond motifs is 3. The molecule has 6 rings (SSSR count). The highest BCUT2D eigenvalue weighted by Gasteiger charge is 2.22. The molecule has 0 saturated heterocycles. The van der Waals surface area contributed by atoms with Gasteiger partial charge >= 0.3 is 0 Å². The second kappa shape index (κ2) is 9.26. The minimum atomic E-state index is 0.129. The van der Waals surface area contributed by atoms with Gasteiger partial charge in [-0.05, 0) is 52.3 Å². The second-order valence-electron chi connectivity index (χ2n) is 11.3. The molecule has 6 aromatic rings. The molecular formula is C36H31N2O+. The Hall–Kier alpha value is -4.68. The van der Waals surface area contributed by atoms with E-state index >= 15 is 0 Å². The molecule has 3 heteroatoms. The average molecular weight is 508 g/mol. The molecule has 0 unspecified atom stereocenters. The largest absolute Gasteiger partial charge is 0.454 e. The van der Waals surface area contributed by atoms with E-state index in [9.17, 15) is 5.26 Å². The van der Waals surface area contributed by atoms with Crippen LogP contribution in [-0.4, -0.2) is 0 Å².